The molecule has 28 heavy (non-hydrogen) atoms. The molecule has 0 aromatic heterocycles. The fraction of sp³-hybridized carbons (Fsp3) is 0.583. The van der Waals surface area contributed by atoms with Crippen molar-refractivity contribution in [3.8, 4) is 0 Å². The van der Waals surface area contributed by atoms with Crippen LogP contribution in [0.5, 0.6) is 0 Å². The molecule has 0 saturated heterocycles. The van der Waals surface area contributed by atoms with Gasteiger partial charge in [-0.25, -0.2) is 0 Å². The average Bonchev–Trinajstić information content (AvgIpc) is 3.23. The Labute approximate surface area is 175 Å². The number of aliphatic hydroxyl groups excluding tert-OH is 1. The van der Waals surface area contributed by atoms with Crippen LogP contribution in [0.25, 0.3) is 0 Å². The molecular weight excluding hydrogens is 346 g/mol. The molecule has 4 heteroatoms. The summed E-state index contributed by atoms with van der Waals surface area (Å²) in [5.74, 6) is 5.77. The van der Waals surface area contributed by atoms with E-state index in [-0.39, 0.29) is 0 Å². The predicted molar refractivity (Wildman–Crippen MR) is 118 cm³/mol. The third kappa shape index (κ3) is 8.69. The molecule has 2 fully saturated rings. The predicted octanol–water partition coefficient (Wildman–Crippen LogP) is 2.52. The summed E-state index contributed by atoms with van der Waals surface area (Å²) in [5, 5.41) is 9.00. The summed E-state index contributed by atoms with van der Waals surface area (Å²) in [7, 11) is 8.53. The lowest BCUT2D eigenvalue weighted by atomic mass is 9.92. The SMILES string of the molecule is CN(C)C[C]1[CH][CH][CH][C]1CN(CCCCCCO)C[C]1[CH][CH][CH][C]1CN(C)C. The van der Waals surface area contributed by atoms with Crippen molar-refractivity contribution in [3.63, 3.8) is 0 Å². The molecule has 0 aromatic carbocycles. The molecule has 0 unspecified atom stereocenters. The molecular formula is C24H39N3O. The van der Waals surface area contributed by atoms with Crippen LogP contribution in [0.15, 0.2) is 0 Å². The van der Waals surface area contributed by atoms with Crippen LogP contribution >= 0.6 is 0 Å². The maximum absolute atomic E-state index is 9.00. The summed E-state index contributed by atoms with van der Waals surface area (Å²) < 4.78 is 0. The van der Waals surface area contributed by atoms with Crippen molar-refractivity contribution in [2.45, 2.75) is 25.7 Å². The van der Waals surface area contributed by atoms with E-state index < -0.39 is 0 Å². The number of hydrogen-bond acceptors (Lipinski definition) is 4. The molecule has 2 rings (SSSR count). The second-order valence-corrected chi connectivity index (χ2v) is 8.48. The van der Waals surface area contributed by atoms with E-state index in [4.69, 9.17) is 5.11 Å². The number of aliphatic hydroxyl groups is 1. The van der Waals surface area contributed by atoms with E-state index in [9.17, 15) is 0 Å². The zero-order valence-corrected chi connectivity index (χ0v) is 18.3. The van der Waals surface area contributed by atoms with Crippen LogP contribution in [0, 0.1) is 62.2 Å². The van der Waals surface area contributed by atoms with Gasteiger partial charge < -0.3 is 19.8 Å². The summed E-state index contributed by atoms with van der Waals surface area (Å²) in [6, 6.07) is 0. The number of unbranched alkanes of at least 4 members (excludes halogenated alkanes) is 3. The monoisotopic (exact) mass is 385 g/mol. The number of nitrogens with zero attached hydrogens (tertiary/aromatic N) is 3. The third-order valence-electron chi connectivity index (χ3n) is 5.16. The van der Waals surface area contributed by atoms with Crippen molar-refractivity contribution in [1.82, 2.24) is 14.7 Å². The quantitative estimate of drug-likeness (QED) is 0.466. The summed E-state index contributed by atoms with van der Waals surface area (Å²) in [6.45, 7) is 5.41. The fourth-order valence-electron chi connectivity index (χ4n) is 3.78. The van der Waals surface area contributed by atoms with Crippen LogP contribution < -0.4 is 0 Å². The standard InChI is InChI=1S/C24H39N3O/c1-25(2)17-21-11-9-13-23(21)19-27(15-7-5-6-8-16-28)20-24-14-10-12-22(24)18-26(3)4/h9-14,28H,5-8,15-20H2,1-4H3. The summed E-state index contributed by atoms with van der Waals surface area (Å²) in [4.78, 5) is 7.08. The normalized spacial score (nSPS) is 20.6. The van der Waals surface area contributed by atoms with Gasteiger partial charge in [-0.05, 0) is 86.1 Å². The lowest BCUT2D eigenvalue weighted by Crippen LogP contribution is -2.37. The van der Waals surface area contributed by atoms with Crippen LogP contribution in [0.1, 0.15) is 25.7 Å². The molecule has 0 spiro atoms. The van der Waals surface area contributed by atoms with Gasteiger partial charge >= 0.3 is 0 Å². The zero-order valence-electron chi connectivity index (χ0n) is 18.3. The van der Waals surface area contributed by atoms with E-state index in [2.05, 4.69) is 81.4 Å². The largest absolute Gasteiger partial charge is 0.396 e. The first kappa shape index (κ1) is 24.1. The lowest BCUT2D eigenvalue weighted by molar-refractivity contribution is 0.270. The Bertz CT molecular complexity index is 371. The van der Waals surface area contributed by atoms with Gasteiger partial charge in [-0.2, -0.15) is 0 Å². The molecule has 0 bridgehead atoms. The van der Waals surface area contributed by atoms with Gasteiger partial charge in [0.15, 0.2) is 0 Å². The van der Waals surface area contributed by atoms with Crippen LogP contribution in [0.4, 0.5) is 0 Å². The molecule has 2 aliphatic carbocycles. The summed E-state index contributed by atoms with van der Waals surface area (Å²) in [5.41, 5.74) is 0. The van der Waals surface area contributed by atoms with E-state index >= 15 is 0 Å². The van der Waals surface area contributed by atoms with Gasteiger partial charge in [0, 0.05) is 56.5 Å². The highest BCUT2D eigenvalue weighted by molar-refractivity contribution is 5.47. The van der Waals surface area contributed by atoms with E-state index in [1.54, 1.807) is 0 Å². The molecule has 10 radical (unpaired) electrons. The van der Waals surface area contributed by atoms with Crippen molar-refractivity contribution in [2.24, 2.45) is 0 Å². The van der Waals surface area contributed by atoms with E-state index in [0.717, 1.165) is 45.6 Å². The Morgan fingerprint density at radius 1 is 0.607 bits per heavy atom. The van der Waals surface area contributed by atoms with Gasteiger partial charge in [0.25, 0.3) is 0 Å². The van der Waals surface area contributed by atoms with Crippen LogP contribution in [-0.4, -0.2) is 87.3 Å². The molecule has 2 aliphatic rings. The molecule has 2 saturated carbocycles. The Hall–Kier alpha value is -0.160. The number of hydrogen-bond donors (Lipinski definition) is 1. The molecule has 0 aromatic rings. The molecule has 4 nitrogen and oxygen atoms in total. The Morgan fingerprint density at radius 3 is 1.46 bits per heavy atom. The average molecular weight is 386 g/mol. The van der Waals surface area contributed by atoms with Gasteiger partial charge in [-0.3, -0.25) is 0 Å². The number of rotatable bonds is 14. The van der Waals surface area contributed by atoms with Gasteiger partial charge in [0.2, 0.25) is 0 Å². The smallest absolute Gasteiger partial charge is 0.0431 e. The fourth-order valence-corrected chi connectivity index (χ4v) is 3.78. The van der Waals surface area contributed by atoms with Crippen LogP contribution in [0.2, 0.25) is 0 Å². The highest BCUT2D eigenvalue weighted by Gasteiger charge is 2.34. The first-order valence-corrected chi connectivity index (χ1v) is 10.6. The zero-order chi connectivity index (χ0) is 20.4. The van der Waals surface area contributed by atoms with E-state index in [0.29, 0.717) is 6.61 Å². The van der Waals surface area contributed by atoms with Gasteiger partial charge in [-0.1, -0.05) is 12.8 Å². The molecule has 0 atom stereocenters. The minimum absolute atomic E-state index is 0.312. The Kier molecular flexibility index (Phi) is 11.4. The van der Waals surface area contributed by atoms with Crippen molar-refractivity contribution >= 4 is 0 Å². The highest BCUT2D eigenvalue weighted by atomic mass is 16.2. The van der Waals surface area contributed by atoms with E-state index in [1.807, 2.05) is 0 Å². The molecule has 0 heterocycles. The second-order valence-electron chi connectivity index (χ2n) is 8.48. The van der Waals surface area contributed by atoms with Crippen LogP contribution in [-0.2, 0) is 0 Å². The highest BCUT2D eigenvalue weighted by Crippen LogP contribution is 2.37. The second kappa shape index (κ2) is 13.2. The molecule has 1 N–H and O–H groups in total. The van der Waals surface area contributed by atoms with Gasteiger partial charge in [0.1, 0.15) is 0 Å². The Morgan fingerprint density at radius 2 is 1.04 bits per heavy atom. The third-order valence-corrected chi connectivity index (χ3v) is 5.16. The van der Waals surface area contributed by atoms with Crippen molar-refractivity contribution in [2.75, 3.05) is 67.5 Å². The minimum atomic E-state index is 0.312. The van der Waals surface area contributed by atoms with Crippen molar-refractivity contribution in [3.05, 3.63) is 62.2 Å². The molecule has 156 valence electrons. The minimum Gasteiger partial charge on any atom is -0.396 e. The first-order chi connectivity index (χ1) is 13.5. The Balaban J connectivity index is 1.90. The van der Waals surface area contributed by atoms with Gasteiger partial charge in [-0.15, -0.1) is 0 Å². The summed E-state index contributed by atoms with van der Waals surface area (Å²) >= 11 is 0. The maximum Gasteiger partial charge on any atom is 0.0431 e. The molecule has 0 amide bonds. The first-order valence-electron chi connectivity index (χ1n) is 10.6. The molecule has 0 aliphatic heterocycles. The van der Waals surface area contributed by atoms with Crippen molar-refractivity contribution < 1.29 is 5.11 Å². The lowest BCUT2D eigenvalue weighted by Gasteiger charge is -2.32. The van der Waals surface area contributed by atoms with Gasteiger partial charge in [0.05, 0.1) is 0 Å². The van der Waals surface area contributed by atoms with E-state index in [1.165, 1.54) is 36.5 Å². The van der Waals surface area contributed by atoms with Crippen LogP contribution in [0.3, 0.4) is 0 Å². The van der Waals surface area contributed by atoms with Crippen molar-refractivity contribution in [1.29, 1.82) is 0 Å². The maximum atomic E-state index is 9.00. The topological polar surface area (TPSA) is 30.0 Å². The summed E-state index contributed by atoms with van der Waals surface area (Å²) in [6.07, 6.45) is 17.9.